The van der Waals surface area contributed by atoms with Crippen molar-refractivity contribution in [2.45, 2.75) is 40.3 Å². The Balaban J connectivity index is 1.54. The summed E-state index contributed by atoms with van der Waals surface area (Å²) in [5.41, 5.74) is 8.26. The SMILES string of the molecule is Cc1ccc(Cn2cccc2CN(CCc2ccc(Cl)cc2)C(=S)Nc2ccc(C)c(Cl)c2)c(C)c1. The average molecular weight is 537 g/mol. The number of thiocarbonyl (C=S) groups is 1. The Hall–Kier alpha value is -2.79. The van der Waals surface area contributed by atoms with Crippen molar-refractivity contribution < 1.29 is 0 Å². The Morgan fingerprint density at radius 3 is 2.42 bits per heavy atom. The van der Waals surface area contributed by atoms with Crippen LogP contribution in [0.25, 0.3) is 0 Å². The molecule has 0 bridgehead atoms. The van der Waals surface area contributed by atoms with Crippen molar-refractivity contribution >= 4 is 46.2 Å². The Morgan fingerprint density at radius 1 is 0.917 bits per heavy atom. The van der Waals surface area contributed by atoms with Crippen LogP contribution in [0.15, 0.2) is 79.0 Å². The molecular weight excluding hydrogens is 505 g/mol. The third kappa shape index (κ3) is 6.91. The van der Waals surface area contributed by atoms with Gasteiger partial charge in [-0.05, 0) is 98.1 Å². The van der Waals surface area contributed by atoms with Gasteiger partial charge in [0, 0.05) is 40.7 Å². The van der Waals surface area contributed by atoms with Crippen LogP contribution < -0.4 is 5.32 Å². The van der Waals surface area contributed by atoms with E-state index in [1.807, 2.05) is 37.3 Å². The minimum absolute atomic E-state index is 0.670. The molecule has 0 atom stereocenters. The summed E-state index contributed by atoms with van der Waals surface area (Å²) in [6.07, 6.45) is 2.99. The first kappa shape index (κ1) is 26.3. The van der Waals surface area contributed by atoms with Crippen LogP contribution in [-0.2, 0) is 19.5 Å². The Morgan fingerprint density at radius 2 is 1.69 bits per heavy atom. The molecule has 4 aromatic rings. The largest absolute Gasteiger partial charge is 0.345 e. The quantitative estimate of drug-likeness (QED) is 0.229. The maximum Gasteiger partial charge on any atom is 0.173 e. The molecule has 0 saturated heterocycles. The molecule has 1 N–H and O–H groups in total. The van der Waals surface area contributed by atoms with E-state index in [0.717, 1.165) is 40.8 Å². The Labute approximate surface area is 229 Å². The molecule has 36 heavy (non-hydrogen) atoms. The van der Waals surface area contributed by atoms with Crippen LogP contribution in [0, 0.1) is 20.8 Å². The number of anilines is 1. The molecule has 1 heterocycles. The van der Waals surface area contributed by atoms with Crippen molar-refractivity contribution in [1.82, 2.24) is 9.47 Å². The van der Waals surface area contributed by atoms with E-state index in [4.69, 9.17) is 35.4 Å². The number of aromatic nitrogens is 1. The normalized spacial score (nSPS) is 10.9. The maximum atomic E-state index is 6.36. The number of hydrogen-bond acceptors (Lipinski definition) is 1. The summed E-state index contributed by atoms with van der Waals surface area (Å²) in [7, 11) is 0. The highest BCUT2D eigenvalue weighted by molar-refractivity contribution is 7.80. The molecule has 0 amide bonds. The Kier molecular flexibility index (Phi) is 8.73. The molecule has 0 unspecified atom stereocenters. The van der Waals surface area contributed by atoms with Crippen molar-refractivity contribution in [3.05, 3.63) is 123 Å². The maximum absolute atomic E-state index is 6.36. The number of nitrogens with one attached hydrogen (secondary N) is 1. The first-order valence-electron chi connectivity index (χ1n) is 12.0. The van der Waals surface area contributed by atoms with Gasteiger partial charge in [0.2, 0.25) is 0 Å². The van der Waals surface area contributed by atoms with Crippen LogP contribution in [0.4, 0.5) is 5.69 Å². The van der Waals surface area contributed by atoms with Crippen molar-refractivity contribution in [3.8, 4) is 0 Å². The van der Waals surface area contributed by atoms with E-state index >= 15 is 0 Å². The number of hydrogen-bond donors (Lipinski definition) is 1. The van der Waals surface area contributed by atoms with E-state index in [0.29, 0.717) is 11.7 Å². The van der Waals surface area contributed by atoms with Crippen molar-refractivity contribution in [1.29, 1.82) is 0 Å². The van der Waals surface area contributed by atoms with Crippen molar-refractivity contribution in [3.63, 3.8) is 0 Å². The van der Waals surface area contributed by atoms with E-state index < -0.39 is 0 Å². The van der Waals surface area contributed by atoms with Gasteiger partial charge in [0.25, 0.3) is 0 Å². The highest BCUT2D eigenvalue weighted by atomic mass is 35.5. The van der Waals surface area contributed by atoms with Gasteiger partial charge in [0.1, 0.15) is 0 Å². The van der Waals surface area contributed by atoms with E-state index in [-0.39, 0.29) is 0 Å². The summed E-state index contributed by atoms with van der Waals surface area (Å²) in [5, 5.41) is 5.53. The number of rotatable bonds is 8. The summed E-state index contributed by atoms with van der Waals surface area (Å²) in [5.74, 6) is 0. The van der Waals surface area contributed by atoms with Gasteiger partial charge in [-0.15, -0.1) is 0 Å². The third-order valence-corrected chi connectivity index (χ3v) is 7.43. The second-order valence-electron chi connectivity index (χ2n) is 9.25. The van der Waals surface area contributed by atoms with E-state index in [1.54, 1.807) is 0 Å². The summed E-state index contributed by atoms with van der Waals surface area (Å²) in [4.78, 5) is 2.21. The predicted octanol–water partition coefficient (Wildman–Crippen LogP) is 8.21. The first-order chi connectivity index (χ1) is 17.3. The number of benzene rings is 3. The third-order valence-electron chi connectivity index (χ3n) is 6.41. The summed E-state index contributed by atoms with van der Waals surface area (Å²) in [6.45, 7) is 8.58. The average Bonchev–Trinajstić information content (AvgIpc) is 3.28. The topological polar surface area (TPSA) is 20.2 Å². The zero-order valence-electron chi connectivity index (χ0n) is 20.9. The zero-order valence-corrected chi connectivity index (χ0v) is 23.2. The molecule has 3 aromatic carbocycles. The second kappa shape index (κ2) is 12.0. The lowest BCUT2D eigenvalue weighted by atomic mass is 10.1. The molecule has 6 heteroatoms. The van der Waals surface area contributed by atoms with Gasteiger partial charge in [-0.25, -0.2) is 0 Å². The van der Waals surface area contributed by atoms with Gasteiger partial charge < -0.3 is 14.8 Å². The van der Waals surface area contributed by atoms with Gasteiger partial charge in [-0.1, -0.05) is 65.2 Å². The smallest absolute Gasteiger partial charge is 0.173 e. The van der Waals surface area contributed by atoms with E-state index in [9.17, 15) is 0 Å². The van der Waals surface area contributed by atoms with Gasteiger partial charge in [-0.3, -0.25) is 0 Å². The highest BCUT2D eigenvalue weighted by Gasteiger charge is 2.15. The molecule has 0 aliphatic rings. The van der Waals surface area contributed by atoms with Crippen LogP contribution in [0.3, 0.4) is 0 Å². The van der Waals surface area contributed by atoms with Gasteiger partial charge >= 0.3 is 0 Å². The van der Waals surface area contributed by atoms with Crippen LogP contribution in [0.1, 0.15) is 33.5 Å². The summed E-state index contributed by atoms with van der Waals surface area (Å²) < 4.78 is 2.30. The lowest BCUT2D eigenvalue weighted by molar-refractivity contribution is 0.409. The zero-order chi connectivity index (χ0) is 25.7. The number of nitrogens with zero attached hydrogens (tertiary/aromatic N) is 2. The van der Waals surface area contributed by atoms with Crippen LogP contribution in [-0.4, -0.2) is 21.1 Å². The second-order valence-corrected chi connectivity index (χ2v) is 10.5. The van der Waals surface area contributed by atoms with E-state index in [2.05, 4.69) is 77.3 Å². The standard InChI is InChI=1S/C30H31Cl2N3S/c1-21-6-10-25(23(3)17-21)19-34-15-4-5-28(34)20-35(16-14-24-8-11-26(31)12-9-24)30(36)33-27-13-7-22(2)29(32)18-27/h4-13,15,17-18H,14,16,19-20H2,1-3H3,(H,33,36). The number of halogens is 2. The first-order valence-corrected chi connectivity index (χ1v) is 13.2. The molecule has 0 fully saturated rings. The molecule has 3 nitrogen and oxygen atoms in total. The molecule has 0 radical (unpaired) electrons. The lowest BCUT2D eigenvalue weighted by Gasteiger charge is -2.27. The molecule has 0 aliphatic heterocycles. The monoisotopic (exact) mass is 535 g/mol. The molecular formula is C30H31Cl2N3S. The summed E-state index contributed by atoms with van der Waals surface area (Å²) in [6, 6.07) is 24.8. The van der Waals surface area contributed by atoms with Crippen LogP contribution in [0.2, 0.25) is 10.0 Å². The Bertz CT molecular complexity index is 1340. The van der Waals surface area contributed by atoms with Gasteiger partial charge in [0.15, 0.2) is 5.11 Å². The molecule has 1 aromatic heterocycles. The lowest BCUT2D eigenvalue weighted by Crippen LogP contribution is -2.36. The number of aryl methyl sites for hydroxylation is 3. The predicted molar refractivity (Wildman–Crippen MR) is 157 cm³/mol. The van der Waals surface area contributed by atoms with Gasteiger partial charge in [-0.2, -0.15) is 0 Å². The van der Waals surface area contributed by atoms with Gasteiger partial charge in [0.05, 0.1) is 6.54 Å². The fourth-order valence-electron chi connectivity index (χ4n) is 4.19. The molecule has 186 valence electrons. The van der Waals surface area contributed by atoms with Crippen LogP contribution in [0.5, 0.6) is 0 Å². The molecule has 0 aliphatic carbocycles. The minimum atomic E-state index is 0.670. The fourth-order valence-corrected chi connectivity index (χ4v) is 4.77. The van der Waals surface area contributed by atoms with Crippen molar-refractivity contribution in [2.24, 2.45) is 0 Å². The summed E-state index contributed by atoms with van der Waals surface area (Å²) >= 11 is 18.3. The minimum Gasteiger partial charge on any atom is -0.345 e. The molecule has 4 rings (SSSR count). The van der Waals surface area contributed by atoms with E-state index in [1.165, 1.54) is 27.9 Å². The van der Waals surface area contributed by atoms with Crippen LogP contribution >= 0.6 is 35.4 Å². The van der Waals surface area contributed by atoms with Crippen molar-refractivity contribution in [2.75, 3.05) is 11.9 Å². The molecule has 0 spiro atoms. The highest BCUT2D eigenvalue weighted by Crippen LogP contribution is 2.21. The fraction of sp³-hybridized carbons (Fsp3) is 0.233. The molecule has 0 saturated carbocycles.